The third kappa shape index (κ3) is 5.40. The van der Waals surface area contributed by atoms with E-state index in [4.69, 9.17) is 16.6 Å². The van der Waals surface area contributed by atoms with Gasteiger partial charge in [0, 0.05) is 24.4 Å². The molecule has 2 aliphatic rings. The lowest BCUT2D eigenvalue weighted by Crippen LogP contribution is -2.71. The monoisotopic (exact) mass is 679 g/mol. The van der Waals surface area contributed by atoms with Crippen molar-refractivity contribution in [2.45, 2.75) is 17.5 Å². The zero-order chi connectivity index (χ0) is 33.7. The normalized spacial score (nSPS) is 17.9. The van der Waals surface area contributed by atoms with Gasteiger partial charge in [-0.25, -0.2) is 9.48 Å². The molecular formula is C28H21N7O10S2. The average molecular weight is 680 g/mol. The first-order valence-electron chi connectivity index (χ1n) is 13.4. The van der Waals surface area contributed by atoms with E-state index < -0.39 is 63.6 Å². The van der Waals surface area contributed by atoms with Crippen molar-refractivity contribution < 1.29 is 44.0 Å². The number of benzene rings is 2. The number of amides is 3. The minimum absolute atomic E-state index is 0.0430. The zero-order valence-electron chi connectivity index (χ0n) is 23.8. The SMILES string of the molecule is Cn1nnnc1C(=S)C1=C(C(=O)O)N2C(=O)[C@@H](NC(=O)C(NC(=O)c3coc4cc(O)c(O)cc4c3=O)c3ccc(O)cc3)[C@@H]2SC1. The first-order valence-corrected chi connectivity index (χ1v) is 14.9. The summed E-state index contributed by atoms with van der Waals surface area (Å²) < 4.78 is 6.57. The number of tetrazole rings is 1. The number of hydrogen-bond acceptors (Lipinski definition) is 14. The molecule has 1 unspecified atom stereocenters. The quantitative estimate of drug-likeness (QED) is 0.0623. The fourth-order valence-corrected chi connectivity index (χ4v) is 6.86. The number of carboxylic acid groups (broad SMARTS) is 1. The number of β-lactam (4-membered cyclic amide) rings is 1. The molecule has 2 aliphatic heterocycles. The first kappa shape index (κ1) is 31.2. The molecule has 2 aromatic heterocycles. The van der Waals surface area contributed by atoms with Crippen LogP contribution in [0.15, 0.2) is 63.1 Å². The topological polar surface area (TPSA) is 250 Å². The maximum absolute atomic E-state index is 13.7. The molecule has 1 fully saturated rings. The second-order valence-corrected chi connectivity index (χ2v) is 11.8. The van der Waals surface area contributed by atoms with Crippen molar-refractivity contribution in [3.05, 3.63) is 81.1 Å². The summed E-state index contributed by atoms with van der Waals surface area (Å²) in [4.78, 5) is 66.8. The number of carbonyl (C=O) groups is 4. The maximum Gasteiger partial charge on any atom is 0.353 e. The number of phenolic OH excluding ortho intramolecular Hbond substituents is 3. The Kier molecular flexibility index (Phi) is 7.85. The van der Waals surface area contributed by atoms with Crippen molar-refractivity contribution in [3.63, 3.8) is 0 Å². The molecular weight excluding hydrogens is 658 g/mol. The Morgan fingerprint density at radius 1 is 1.11 bits per heavy atom. The van der Waals surface area contributed by atoms with E-state index in [0.717, 1.165) is 35.1 Å². The minimum atomic E-state index is -1.51. The molecule has 2 aromatic carbocycles. The summed E-state index contributed by atoms with van der Waals surface area (Å²) in [5.74, 6) is -5.24. The third-order valence-electron chi connectivity index (χ3n) is 7.44. The highest BCUT2D eigenvalue weighted by molar-refractivity contribution is 8.00. The number of rotatable bonds is 8. The minimum Gasteiger partial charge on any atom is -0.508 e. The van der Waals surface area contributed by atoms with Gasteiger partial charge in [0.15, 0.2) is 17.3 Å². The number of carbonyl (C=O) groups excluding carboxylic acids is 3. The third-order valence-corrected chi connectivity index (χ3v) is 9.15. The van der Waals surface area contributed by atoms with Crippen LogP contribution in [0.5, 0.6) is 17.2 Å². The van der Waals surface area contributed by atoms with E-state index in [1.807, 2.05) is 0 Å². The van der Waals surface area contributed by atoms with Gasteiger partial charge in [0.1, 0.15) is 46.3 Å². The highest BCUT2D eigenvalue weighted by Gasteiger charge is 2.55. The molecule has 19 heteroatoms. The molecule has 240 valence electrons. The van der Waals surface area contributed by atoms with Gasteiger partial charge in [-0.1, -0.05) is 24.4 Å². The van der Waals surface area contributed by atoms with Crippen LogP contribution in [0.25, 0.3) is 11.0 Å². The number of nitrogens with zero attached hydrogens (tertiary/aromatic N) is 5. The standard InChI is InChI=1S/C28H21N7O10S2/c1-34-23(31-32-33-34)22(46)14-9-47-27-19(26(42)35(27)20(14)28(43)44)30-25(41)18(10-2-4-11(36)5-3-10)29-24(40)13-8-45-17-7-16(38)15(37)6-12(17)21(13)39/h2-8,18-19,27,36-38H,9H2,1H3,(H,29,40)(H,30,41)(H,43,44)/t18?,19-,27+/m1/s1. The number of thioether (sulfide) groups is 1. The molecule has 6 rings (SSSR count). The summed E-state index contributed by atoms with van der Waals surface area (Å²) in [6.07, 6.45) is 0.827. The number of nitrogens with one attached hydrogen (secondary N) is 2. The summed E-state index contributed by atoms with van der Waals surface area (Å²) in [5, 5.41) is 54.3. The van der Waals surface area contributed by atoms with Gasteiger partial charge in [0.05, 0.1) is 10.3 Å². The zero-order valence-corrected chi connectivity index (χ0v) is 25.4. The summed E-state index contributed by atoms with van der Waals surface area (Å²) in [5.41, 5.74) is -1.58. The van der Waals surface area contributed by atoms with E-state index in [2.05, 4.69) is 26.2 Å². The van der Waals surface area contributed by atoms with Gasteiger partial charge >= 0.3 is 5.97 Å². The van der Waals surface area contributed by atoms with Crippen LogP contribution in [0.2, 0.25) is 0 Å². The van der Waals surface area contributed by atoms with Crippen molar-refractivity contribution >= 4 is 63.5 Å². The second kappa shape index (κ2) is 11.8. The predicted molar refractivity (Wildman–Crippen MR) is 164 cm³/mol. The lowest BCUT2D eigenvalue weighted by Gasteiger charge is -2.49. The van der Waals surface area contributed by atoms with E-state index in [9.17, 15) is 44.4 Å². The van der Waals surface area contributed by atoms with Gasteiger partial charge in [-0.05, 0) is 34.2 Å². The van der Waals surface area contributed by atoms with Gasteiger partial charge in [0.2, 0.25) is 11.3 Å². The van der Waals surface area contributed by atoms with Crippen LogP contribution < -0.4 is 16.1 Å². The van der Waals surface area contributed by atoms with Crippen LogP contribution >= 0.6 is 24.0 Å². The number of phenols is 3. The summed E-state index contributed by atoms with van der Waals surface area (Å²) in [6.45, 7) is 0. The van der Waals surface area contributed by atoms with E-state index in [1.165, 1.54) is 36.0 Å². The molecule has 0 radical (unpaired) electrons. The molecule has 0 aliphatic carbocycles. The van der Waals surface area contributed by atoms with Crippen LogP contribution in [0.4, 0.5) is 0 Å². The Morgan fingerprint density at radius 3 is 2.47 bits per heavy atom. The number of hydrogen-bond donors (Lipinski definition) is 6. The molecule has 4 aromatic rings. The van der Waals surface area contributed by atoms with Gasteiger partial charge < -0.3 is 35.5 Å². The highest BCUT2D eigenvalue weighted by Crippen LogP contribution is 2.41. The first-order chi connectivity index (χ1) is 22.4. The van der Waals surface area contributed by atoms with Crippen molar-refractivity contribution in [2.75, 3.05) is 5.75 Å². The number of fused-ring (bicyclic) bond motifs is 2. The Bertz CT molecular complexity index is 2110. The Morgan fingerprint density at radius 2 is 1.81 bits per heavy atom. The van der Waals surface area contributed by atoms with Crippen molar-refractivity contribution in [2.24, 2.45) is 7.05 Å². The fraction of sp³-hybridized carbons (Fsp3) is 0.179. The van der Waals surface area contributed by atoms with Crippen LogP contribution in [0.1, 0.15) is 27.8 Å². The van der Waals surface area contributed by atoms with Crippen molar-refractivity contribution in [3.8, 4) is 17.2 Å². The van der Waals surface area contributed by atoms with Gasteiger partial charge in [-0.2, -0.15) is 0 Å². The highest BCUT2D eigenvalue weighted by atomic mass is 32.2. The lowest BCUT2D eigenvalue weighted by atomic mass is 9.99. The molecule has 3 amide bonds. The number of aliphatic carboxylic acids is 1. The summed E-state index contributed by atoms with van der Waals surface area (Å²) >= 11 is 6.59. The van der Waals surface area contributed by atoms with Crippen LogP contribution in [-0.2, 0) is 21.4 Å². The number of aromatic hydroxyl groups is 3. The molecule has 4 heterocycles. The Labute approximate surface area is 271 Å². The molecule has 17 nitrogen and oxygen atoms in total. The van der Waals surface area contributed by atoms with E-state index in [0.29, 0.717) is 0 Å². The van der Waals surface area contributed by atoms with E-state index in [-0.39, 0.29) is 50.0 Å². The summed E-state index contributed by atoms with van der Waals surface area (Å²) in [6, 6.07) is 4.41. The second-order valence-electron chi connectivity index (χ2n) is 10.3. The molecule has 3 atom stereocenters. The largest absolute Gasteiger partial charge is 0.508 e. The summed E-state index contributed by atoms with van der Waals surface area (Å²) in [7, 11) is 1.52. The van der Waals surface area contributed by atoms with Crippen LogP contribution in [0, 0.1) is 0 Å². The maximum atomic E-state index is 13.7. The van der Waals surface area contributed by atoms with Crippen LogP contribution in [0.3, 0.4) is 0 Å². The van der Waals surface area contributed by atoms with Gasteiger partial charge in [-0.3, -0.25) is 24.1 Å². The van der Waals surface area contributed by atoms with E-state index >= 15 is 0 Å². The number of thiocarbonyl (C=S) groups is 1. The molecule has 1 saturated heterocycles. The molecule has 6 N–H and O–H groups in total. The predicted octanol–water partition coefficient (Wildman–Crippen LogP) is 0.0612. The Balaban J connectivity index is 1.27. The number of carboxylic acids is 1. The molecule has 0 saturated carbocycles. The molecule has 0 bridgehead atoms. The number of aromatic nitrogens is 4. The lowest BCUT2D eigenvalue weighted by molar-refractivity contribution is -0.150. The van der Waals surface area contributed by atoms with E-state index in [1.54, 1.807) is 0 Å². The van der Waals surface area contributed by atoms with Crippen LogP contribution in [-0.4, -0.2) is 91.3 Å². The molecule has 0 spiro atoms. The molecule has 47 heavy (non-hydrogen) atoms. The smallest absolute Gasteiger partial charge is 0.353 e. The average Bonchev–Trinajstić information content (AvgIpc) is 3.48. The van der Waals surface area contributed by atoms with Gasteiger partial charge in [-0.15, -0.1) is 16.9 Å². The number of aryl methyl sites for hydroxylation is 1. The van der Waals surface area contributed by atoms with Gasteiger partial charge in [0.25, 0.3) is 11.8 Å². The Hall–Kier alpha value is -5.82. The van der Waals surface area contributed by atoms with Crippen molar-refractivity contribution in [1.29, 1.82) is 0 Å². The van der Waals surface area contributed by atoms with Crippen molar-refractivity contribution in [1.82, 2.24) is 35.7 Å². The fourth-order valence-electron chi connectivity index (χ4n) is 5.07.